The Morgan fingerprint density at radius 1 is 0.320 bits per heavy atom. The zero-order chi connectivity index (χ0) is 33.0. The lowest BCUT2D eigenvalue weighted by Gasteiger charge is -2.30. The lowest BCUT2D eigenvalue weighted by molar-refractivity contribution is 0.685. The summed E-state index contributed by atoms with van der Waals surface area (Å²) in [7, 11) is 0. The molecule has 0 heterocycles. The first-order valence-electron chi connectivity index (χ1n) is 18.4. The second kappa shape index (κ2) is 12.1. The molecule has 0 aliphatic heterocycles. The van der Waals surface area contributed by atoms with Crippen LogP contribution in [0.3, 0.4) is 0 Å². The van der Waals surface area contributed by atoms with E-state index in [4.69, 9.17) is 0 Å². The van der Waals surface area contributed by atoms with Crippen LogP contribution in [0.2, 0.25) is 0 Å². The first kappa shape index (κ1) is 29.3. The van der Waals surface area contributed by atoms with Gasteiger partial charge in [-0.25, -0.2) is 0 Å². The van der Waals surface area contributed by atoms with Gasteiger partial charge in [-0.05, 0) is 156 Å². The van der Waals surface area contributed by atoms with Crippen molar-refractivity contribution in [3.63, 3.8) is 0 Å². The molecule has 242 valence electrons. The highest BCUT2D eigenvalue weighted by molar-refractivity contribution is 6.28. The topological polar surface area (TPSA) is 6.48 Å². The molecular weight excluding hydrogens is 605 g/mol. The van der Waals surface area contributed by atoms with E-state index in [9.17, 15) is 0 Å². The third-order valence-corrected chi connectivity index (χ3v) is 11.3. The van der Waals surface area contributed by atoms with Crippen LogP contribution in [0.1, 0.15) is 47.9 Å². The number of rotatable bonds is 6. The Labute approximate surface area is 294 Å². The van der Waals surface area contributed by atoms with Crippen molar-refractivity contribution in [2.75, 3.05) is 9.80 Å². The standard InChI is InChI=1S/C48H40N2/c1-3-15-39(16-4-1)49(41-25-19-33-11-7-9-13-37(33)31-41)45-29-23-35-22-28-44-46(30-24-36-21-27-43(45)47(35)48(36)44)50(40-17-5-2-6-18-40)42-26-20-34-12-8-10-14-38(34)32-42/h1-6,15-32H,7-14H2. The van der Waals surface area contributed by atoms with Gasteiger partial charge in [0, 0.05) is 33.5 Å². The summed E-state index contributed by atoms with van der Waals surface area (Å²) < 4.78 is 0. The average molecular weight is 645 g/mol. The van der Waals surface area contributed by atoms with Gasteiger partial charge in [-0.2, -0.15) is 0 Å². The molecule has 2 aliphatic rings. The van der Waals surface area contributed by atoms with E-state index in [1.165, 1.54) is 127 Å². The van der Waals surface area contributed by atoms with Crippen LogP contribution in [0.25, 0.3) is 32.3 Å². The summed E-state index contributed by atoms with van der Waals surface area (Å²) in [5, 5.41) is 7.77. The molecule has 0 atom stereocenters. The summed E-state index contributed by atoms with van der Waals surface area (Å²) in [6.07, 6.45) is 9.83. The number of fused-ring (bicyclic) bond motifs is 2. The van der Waals surface area contributed by atoms with E-state index in [0.29, 0.717) is 0 Å². The van der Waals surface area contributed by atoms with Gasteiger partial charge in [0.2, 0.25) is 0 Å². The lowest BCUT2D eigenvalue weighted by atomic mass is 9.90. The summed E-state index contributed by atoms with van der Waals surface area (Å²) in [6, 6.07) is 54.8. The molecule has 0 unspecified atom stereocenters. The van der Waals surface area contributed by atoms with Crippen LogP contribution in [0, 0.1) is 0 Å². The van der Waals surface area contributed by atoms with Crippen molar-refractivity contribution in [1.29, 1.82) is 0 Å². The Balaban J connectivity index is 1.20. The minimum absolute atomic E-state index is 1.16. The summed E-state index contributed by atoms with van der Waals surface area (Å²) in [6.45, 7) is 0. The molecule has 2 aliphatic carbocycles. The normalized spacial score (nSPS) is 14.2. The van der Waals surface area contributed by atoms with Crippen LogP contribution >= 0.6 is 0 Å². The van der Waals surface area contributed by atoms with Gasteiger partial charge in [-0.15, -0.1) is 0 Å². The number of aryl methyl sites for hydroxylation is 4. The minimum atomic E-state index is 1.16. The molecule has 0 radical (unpaired) electrons. The molecule has 2 nitrogen and oxygen atoms in total. The van der Waals surface area contributed by atoms with E-state index < -0.39 is 0 Å². The molecule has 2 heteroatoms. The fourth-order valence-electron chi connectivity index (χ4n) is 8.89. The third kappa shape index (κ3) is 4.85. The van der Waals surface area contributed by atoms with E-state index in [2.05, 4.69) is 155 Å². The smallest absolute Gasteiger partial charge is 0.0540 e. The Morgan fingerprint density at radius 3 is 1.16 bits per heavy atom. The van der Waals surface area contributed by atoms with Gasteiger partial charge >= 0.3 is 0 Å². The highest BCUT2D eigenvalue weighted by Gasteiger charge is 2.23. The molecular formula is C48H40N2. The van der Waals surface area contributed by atoms with Crippen molar-refractivity contribution < 1.29 is 0 Å². The van der Waals surface area contributed by atoms with E-state index >= 15 is 0 Å². The Morgan fingerprint density at radius 2 is 0.720 bits per heavy atom. The number of anilines is 6. The van der Waals surface area contributed by atoms with Gasteiger partial charge < -0.3 is 9.80 Å². The zero-order valence-electron chi connectivity index (χ0n) is 28.4. The Hall–Kier alpha value is -5.60. The maximum absolute atomic E-state index is 2.48. The van der Waals surface area contributed by atoms with E-state index in [0.717, 1.165) is 12.8 Å². The number of hydrogen-bond acceptors (Lipinski definition) is 2. The largest absolute Gasteiger partial charge is 0.310 e. The summed E-state index contributed by atoms with van der Waals surface area (Å²) in [5.74, 6) is 0. The monoisotopic (exact) mass is 644 g/mol. The number of para-hydroxylation sites is 2. The lowest BCUT2D eigenvalue weighted by Crippen LogP contribution is -2.13. The number of hydrogen-bond donors (Lipinski definition) is 0. The zero-order valence-corrected chi connectivity index (χ0v) is 28.4. The van der Waals surface area contributed by atoms with Crippen molar-refractivity contribution in [1.82, 2.24) is 0 Å². The van der Waals surface area contributed by atoms with E-state index in [1.54, 1.807) is 0 Å². The molecule has 8 aromatic carbocycles. The molecule has 50 heavy (non-hydrogen) atoms. The van der Waals surface area contributed by atoms with Gasteiger partial charge in [-0.3, -0.25) is 0 Å². The summed E-state index contributed by atoms with van der Waals surface area (Å²) >= 11 is 0. The molecule has 0 saturated heterocycles. The third-order valence-electron chi connectivity index (χ3n) is 11.3. The van der Waals surface area contributed by atoms with Gasteiger partial charge in [-0.1, -0.05) is 84.9 Å². The Bertz CT molecular complexity index is 2320. The molecule has 10 rings (SSSR count). The fourth-order valence-corrected chi connectivity index (χ4v) is 8.89. The van der Waals surface area contributed by atoms with Crippen molar-refractivity contribution in [3.8, 4) is 0 Å². The quantitative estimate of drug-likeness (QED) is 0.166. The molecule has 0 N–H and O–H groups in total. The van der Waals surface area contributed by atoms with Crippen molar-refractivity contribution in [2.45, 2.75) is 51.4 Å². The highest BCUT2D eigenvalue weighted by atomic mass is 15.1. The minimum Gasteiger partial charge on any atom is -0.310 e. The molecule has 0 spiro atoms. The molecule has 0 amide bonds. The molecule has 0 aromatic heterocycles. The van der Waals surface area contributed by atoms with Crippen molar-refractivity contribution in [3.05, 3.63) is 168 Å². The van der Waals surface area contributed by atoms with Gasteiger partial charge in [0.05, 0.1) is 11.4 Å². The molecule has 0 bridgehead atoms. The van der Waals surface area contributed by atoms with Crippen LogP contribution in [0.5, 0.6) is 0 Å². The predicted octanol–water partition coefficient (Wildman–Crippen LogP) is 13.3. The maximum atomic E-state index is 2.48. The van der Waals surface area contributed by atoms with Crippen molar-refractivity contribution >= 4 is 66.4 Å². The van der Waals surface area contributed by atoms with Gasteiger partial charge in [0.1, 0.15) is 0 Å². The van der Waals surface area contributed by atoms with Gasteiger partial charge in [0.15, 0.2) is 0 Å². The first-order valence-corrected chi connectivity index (χ1v) is 18.4. The second-order valence-corrected chi connectivity index (χ2v) is 14.3. The SMILES string of the molecule is c1ccc(N(c2ccc3c(c2)CCCC3)c2ccc3ccc4c(N(c5ccccc5)c5ccc6c(c5)CCCC6)ccc5ccc2c3c54)cc1. The molecule has 0 saturated carbocycles. The van der Waals surface area contributed by atoms with Crippen LogP contribution in [-0.4, -0.2) is 0 Å². The van der Waals surface area contributed by atoms with Crippen LogP contribution < -0.4 is 9.80 Å². The van der Waals surface area contributed by atoms with Gasteiger partial charge in [0.25, 0.3) is 0 Å². The maximum Gasteiger partial charge on any atom is 0.0540 e. The average Bonchev–Trinajstić information content (AvgIpc) is 3.19. The fraction of sp³-hybridized carbons (Fsp3) is 0.167. The first-order chi connectivity index (χ1) is 24.8. The van der Waals surface area contributed by atoms with Crippen LogP contribution in [0.15, 0.2) is 146 Å². The Kier molecular flexibility index (Phi) is 7.08. The van der Waals surface area contributed by atoms with E-state index in [-0.39, 0.29) is 0 Å². The van der Waals surface area contributed by atoms with E-state index in [1.807, 2.05) is 0 Å². The van der Waals surface area contributed by atoms with Crippen LogP contribution in [-0.2, 0) is 25.7 Å². The highest BCUT2D eigenvalue weighted by Crippen LogP contribution is 2.48. The number of nitrogens with zero attached hydrogens (tertiary/aromatic N) is 2. The van der Waals surface area contributed by atoms with Crippen LogP contribution in [0.4, 0.5) is 34.1 Å². The molecule has 8 aromatic rings. The molecule has 0 fully saturated rings. The van der Waals surface area contributed by atoms with Crippen molar-refractivity contribution in [2.24, 2.45) is 0 Å². The summed E-state index contributed by atoms with van der Waals surface area (Å²) in [5.41, 5.74) is 13.3. The predicted molar refractivity (Wildman–Crippen MR) is 213 cm³/mol. The second-order valence-electron chi connectivity index (χ2n) is 14.3. The summed E-state index contributed by atoms with van der Waals surface area (Å²) in [4.78, 5) is 4.95. The number of benzene rings is 8.